The van der Waals surface area contributed by atoms with E-state index in [1.165, 1.54) is 6.07 Å². The van der Waals surface area contributed by atoms with Crippen LogP contribution in [-0.2, 0) is 4.74 Å². The van der Waals surface area contributed by atoms with E-state index in [0.717, 1.165) is 46.2 Å². The third kappa shape index (κ3) is 6.80. The maximum Gasteiger partial charge on any atom is 0.167 e. The number of aryl methyl sites for hydroxylation is 2. The van der Waals surface area contributed by atoms with E-state index in [-0.39, 0.29) is 19.0 Å². The topological polar surface area (TPSA) is 97.6 Å². The Hall–Kier alpha value is -3.81. The summed E-state index contributed by atoms with van der Waals surface area (Å²) in [7, 11) is 0. The highest BCUT2D eigenvalue weighted by atomic mass is 16.5. The Kier molecular flexibility index (Phi) is 9.28. The van der Waals surface area contributed by atoms with E-state index >= 15 is 0 Å². The summed E-state index contributed by atoms with van der Waals surface area (Å²) in [5, 5.41) is 21.1. The van der Waals surface area contributed by atoms with Crippen molar-refractivity contribution in [3.63, 3.8) is 0 Å². The standard InChI is InChI=1S/C32H37N3O4/c1-6-7-16-38-18-24(36)19-39-25-14-15-28(29(37)17-25)32-34-30(26-12-8-10-20(2)22(26)4)33-31(35-32)27-13-9-11-21(3)23(27)5/h8-15,17,24,36-37H,6-7,16,18-19H2,1-5H3. The second-order valence-corrected chi connectivity index (χ2v) is 9.87. The second-order valence-electron chi connectivity index (χ2n) is 9.87. The predicted octanol–water partition coefficient (Wildman–Crippen LogP) is 6.37. The van der Waals surface area contributed by atoms with Crippen LogP contribution in [0.3, 0.4) is 0 Å². The normalized spacial score (nSPS) is 11.9. The van der Waals surface area contributed by atoms with Gasteiger partial charge >= 0.3 is 0 Å². The van der Waals surface area contributed by atoms with Gasteiger partial charge in [-0.1, -0.05) is 49.7 Å². The fourth-order valence-electron chi connectivity index (χ4n) is 4.22. The number of nitrogens with zero attached hydrogens (tertiary/aromatic N) is 3. The van der Waals surface area contributed by atoms with Gasteiger partial charge in [0, 0.05) is 23.8 Å². The average molecular weight is 528 g/mol. The molecular formula is C32H37N3O4. The number of aromatic nitrogens is 3. The maximum absolute atomic E-state index is 11.0. The molecule has 1 aromatic heterocycles. The number of benzene rings is 3. The summed E-state index contributed by atoms with van der Waals surface area (Å²) in [4.78, 5) is 14.4. The van der Waals surface area contributed by atoms with Crippen LogP contribution in [0.25, 0.3) is 34.2 Å². The van der Waals surface area contributed by atoms with Crippen molar-refractivity contribution in [2.75, 3.05) is 19.8 Å². The molecule has 7 nitrogen and oxygen atoms in total. The van der Waals surface area contributed by atoms with Gasteiger partial charge in [-0.05, 0) is 68.5 Å². The molecule has 4 rings (SSSR count). The highest BCUT2D eigenvalue weighted by Gasteiger charge is 2.18. The highest BCUT2D eigenvalue weighted by molar-refractivity contribution is 5.72. The zero-order chi connectivity index (χ0) is 27.9. The van der Waals surface area contributed by atoms with Gasteiger partial charge in [-0.2, -0.15) is 0 Å². The number of aliphatic hydroxyl groups is 1. The molecule has 0 saturated carbocycles. The van der Waals surface area contributed by atoms with E-state index in [0.29, 0.717) is 35.4 Å². The Labute approximate surface area is 230 Å². The molecule has 0 bridgehead atoms. The summed E-state index contributed by atoms with van der Waals surface area (Å²) >= 11 is 0. The van der Waals surface area contributed by atoms with Crippen molar-refractivity contribution in [2.24, 2.45) is 0 Å². The first-order valence-electron chi connectivity index (χ1n) is 13.4. The Bertz CT molecular complexity index is 1370. The van der Waals surface area contributed by atoms with E-state index in [2.05, 4.69) is 46.8 Å². The molecule has 0 saturated heterocycles. The van der Waals surface area contributed by atoms with E-state index in [1.54, 1.807) is 12.1 Å². The molecular weight excluding hydrogens is 490 g/mol. The average Bonchev–Trinajstić information content (AvgIpc) is 2.92. The molecule has 7 heteroatoms. The van der Waals surface area contributed by atoms with Crippen LogP contribution in [0.2, 0.25) is 0 Å². The third-order valence-corrected chi connectivity index (χ3v) is 6.93. The monoisotopic (exact) mass is 527 g/mol. The molecule has 4 aromatic rings. The number of rotatable bonds is 11. The largest absolute Gasteiger partial charge is 0.507 e. The Morgan fingerprint density at radius 2 is 1.31 bits per heavy atom. The molecule has 0 radical (unpaired) electrons. The smallest absolute Gasteiger partial charge is 0.167 e. The van der Waals surface area contributed by atoms with Crippen molar-refractivity contribution in [3.8, 4) is 45.7 Å². The lowest BCUT2D eigenvalue weighted by Gasteiger charge is -2.15. The van der Waals surface area contributed by atoms with Crippen LogP contribution in [-0.4, -0.2) is 51.1 Å². The fraction of sp³-hybridized carbons (Fsp3) is 0.344. The van der Waals surface area contributed by atoms with Crippen molar-refractivity contribution >= 4 is 0 Å². The van der Waals surface area contributed by atoms with Crippen molar-refractivity contribution < 1.29 is 19.7 Å². The van der Waals surface area contributed by atoms with Gasteiger partial charge < -0.3 is 19.7 Å². The summed E-state index contributed by atoms with van der Waals surface area (Å²) in [6.07, 6.45) is 1.24. The number of aromatic hydroxyl groups is 1. The van der Waals surface area contributed by atoms with Crippen LogP contribution >= 0.6 is 0 Å². The Balaban J connectivity index is 1.68. The van der Waals surface area contributed by atoms with Gasteiger partial charge in [0.2, 0.25) is 0 Å². The molecule has 0 fully saturated rings. The lowest BCUT2D eigenvalue weighted by molar-refractivity contribution is 0.0113. The number of hydrogen-bond donors (Lipinski definition) is 2. The number of ether oxygens (including phenoxy) is 2. The first-order valence-corrected chi connectivity index (χ1v) is 13.4. The van der Waals surface area contributed by atoms with Gasteiger partial charge in [0.25, 0.3) is 0 Å². The van der Waals surface area contributed by atoms with Gasteiger partial charge in [-0.3, -0.25) is 0 Å². The lowest BCUT2D eigenvalue weighted by Crippen LogP contribution is -2.23. The molecule has 2 N–H and O–H groups in total. The van der Waals surface area contributed by atoms with E-state index in [1.807, 2.05) is 24.3 Å². The summed E-state index contributed by atoms with van der Waals surface area (Å²) < 4.78 is 11.1. The molecule has 1 heterocycles. The first-order chi connectivity index (χ1) is 18.8. The van der Waals surface area contributed by atoms with Crippen LogP contribution in [0.1, 0.15) is 42.0 Å². The van der Waals surface area contributed by atoms with Crippen molar-refractivity contribution in [2.45, 2.75) is 53.6 Å². The molecule has 0 aliphatic rings. The summed E-state index contributed by atoms with van der Waals surface area (Å²) in [5.41, 5.74) is 6.76. The van der Waals surface area contributed by atoms with Gasteiger partial charge in [-0.25, -0.2) is 15.0 Å². The van der Waals surface area contributed by atoms with E-state index < -0.39 is 6.10 Å². The molecule has 1 atom stereocenters. The second kappa shape index (κ2) is 12.8. The van der Waals surface area contributed by atoms with E-state index in [4.69, 9.17) is 24.4 Å². The van der Waals surface area contributed by atoms with Crippen LogP contribution in [0.15, 0.2) is 54.6 Å². The number of phenolic OH excluding ortho intramolecular Hbond substituents is 1. The van der Waals surface area contributed by atoms with Crippen molar-refractivity contribution in [1.82, 2.24) is 15.0 Å². The minimum Gasteiger partial charge on any atom is -0.507 e. The number of aliphatic hydroxyl groups excluding tert-OH is 1. The zero-order valence-electron chi connectivity index (χ0n) is 23.4. The van der Waals surface area contributed by atoms with Crippen LogP contribution in [0.4, 0.5) is 0 Å². The van der Waals surface area contributed by atoms with Gasteiger partial charge in [0.05, 0.1) is 12.2 Å². The predicted molar refractivity (Wildman–Crippen MR) is 154 cm³/mol. The molecule has 204 valence electrons. The maximum atomic E-state index is 11.0. The molecule has 0 aliphatic carbocycles. The van der Waals surface area contributed by atoms with Crippen molar-refractivity contribution in [3.05, 3.63) is 76.9 Å². The Morgan fingerprint density at radius 3 is 1.85 bits per heavy atom. The zero-order valence-corrected chi connectivity index (χ0v) is 23.4. The fourth-order valence-corrected chi connectivity index (χ4v) is 4.22. The third-order valence-electron chi connectivity index (χ3n) is 6.93. The van der Waals surface area contributed by atoms with Crippen LogP contribution < -0.4 is 4.74 Å². The molecule has 0 spiro atoms. The van der Waals surface area contributed by atoms with Crippen LogP contribution in [0.5, 0.6) is 11.5 Å². The van der Waals surface area contributed by atoms with Crippen molar-refractivity contribution in [1.29, 1.82) is 0 Å². The van der Waals surface area contributed by atoms with Gasteiger partial charge in [0.15, 0.2) is 17.5 Å². The number of phenols is 1. The SMILES string of the molecule is CCCCOCC(O)COc1ccc(-c2nc(-c3cccc(C)c3C)nc(-c3cccc(C)c3C)n2)c(O)c1. The van der Waals surface area contributed by atoms with Gasteiger partial charge in [0.1, 0.15) is 24.2 Å². The number of hydrogen-bond acceptors (Lipinski definition) is 7. The molecule has 3 aromatic carbocycles. The quantitative estimate of drug-likeness (QED) is 0.219. The van der Waals surface area contributed by atoms with E-state index in [9.17, 15) is 10.2 Å². The minimum absolute atomic E-state index is 0.0220. The minimum atomic E-state index is -0.757. The summed E-state index contributed by atoms with van der Waals surface area (Å²) in [6.45, 7) is 11.2. The lowest BCUT2D eigenvalue weighted by atomic mass is 10.0. The molecule has 0 aliphatic heterocycles. The van der Waals surface area contributed by atoms with Crippen LogP contribution in [0, 0.1) is 27.7 Å². The highest BCUT2D eigenvalue weighted by Crippen LogP contribution is 2.34. The molecule has 39 heavy (non-hydrogen) atoms. The summed E-state index contributed by atoms with van der Waals surface area (Å²) in [6, 6.07) is 17.1. The first kappa shape index (κ1) is 28.2. The summed E-state index contributed by atoms with van der Waals surface area (Å²) in [5.74, 6) is 1.87. The number of unbranched alkanes of at least 4 members (excludes halogenated alkanes) is 1. The Morgan fingerprint density at radius 1 is 0.744 bits per heavy atom. The van der Waals surface area contributed by atoms with Gasteiger partial charge in [-0.15, -0.1) is 0 Å². The molecule has 0 amide bonds. The molecule has 1 unspecified atom stereocenters.